The molecule has 5 rings (SSSR count). The molecule has 2 aliphatic heterocycles. The molecule has 52 heavy (non-hydrogen) atoms. The number of allylic oxidation sites excluding steroid dienone is 2. The summed E-state index contributed by atoms with van der Waals surface area (Å²) in [5.74, 6) is 2.10. The van der Waals surface area contributed by atoms with Crippen molar-refractivity contribution in [1.29, 1.82) is 0 Å². The van der Waals surface area contributed by atoms with Crippen LogP contribution >= 0.6 is 0 Å². The lowest BCUT2D eigenvalue weighted by atomic mass is 9.91. The fraction of sp³-hybridized carbons (Fsp3) is 0.778. The van der Waals surface area contributed by atoms with Gasteiger partial charge in [-0.05, 0) is 119 Å². The summed E-state index contributed by atoms with van der Waals surface area (Å²) in [7, 11) is -1.85. The minimum Gasteiger partial charge on any atom is -0.416 e. The molecule has 1 saturated carbocycles. The number of benzene rings is 1. The molecular weight excluding hydrogens is 665 g/mol. The summed E-state index contributed by atoms with van der Waals surface area (Å²) in [6.45, 7) is 16.7. The van der Waals surface area contributed by atoms with E-state index in [9.17, 15) is 0 Å². The summed E-state index contributed by atoms with van der Waals surface area (Å²) < 4.78 is 37.5. The largest absolute Gasteiger partial charge is 0.416 e. The zero-order chi connectivity index (χ0) is 36.7. The third-order valence-corrected chi connectivity index (χ3v) is 17.1. The summed E-state index contributed by atoms with van der Waals surface area (Å²) in [6.07, 6.45) is 26.5. The number of rotatable bonds is 22. The monoisotopic (exact) mass is 739 g/mol. The second kappa shape index (κ2) is 21.7. The average molecular weight is 739 g/mol. The topological polar surface area (TPSA) is 55.4 Å². The molecule has 2 aliphatic carbocycles. The van der Waals surface area contributed by atoms with Gasteiger partial charge in [-0.1, -0.05) is 94.2 Å². The molecule has 2 heterocycles. The van der Waals surface area contributed by atoms with E-state index in [0.29, 0.717) is 30.3 Å². The lowest BCUT2D eigenvalue weighted by Gasteiger charge is -2.37. The van der Waals surface area contributed by atoms with Crippen LogP contribution in [0.3, 0.4) is 0 Å². The Bertz CT molecular complexity index is 1180. The van der Waals surface area contributed by atoms with Gasteiger partial charge in [0.15, 0.2) is 20.9 Å². The van der Waals surface area contributed by atoms with Gasteiger partial charge in [-0.3, -0.25) is 0 Å². The van der Waals surface area contributed by atoms with Crippen molar-refractivity contribution < 1.29 is 28.1 Å². The molecule has 1 aromatic carbocycles. The van der Waals surface area contributed by atoms with Crippen molar-refractivity contribution in [3.63, 3.8) is 0 Å². The molecule has 6 nitrogen and oxygen atoms in total. The van der Waals surface area contributed by atoms with Crippen LogP contribution in [0.2, 0.25) is 18.1 Å². The van der Waals surface area contributed by atoms with Gasteiger partial charge >= 0.3 is 0 Å². The van der Waals surface area contributed by atoms with Gasteiger partial charge in [-0.15, -0.1) is 0 Å². The van der Waals surface area contributed by atoms with Gasteiger partial charge in [0.2, 0.25) is 0 Å². The van der Waals surface area contributed by atoms with Gasteiger partial charge in [0.05, 0.1) is 12.7 Å². The SMILES string of the molecule is CC(C)(C)[Si](C)(C)OCC(CCCCOCc1ccccc1)C1=CC2C(C1)C[C@@H](OC1CCCCO1)[C@@H]2C=CCCCCCCOC1CCCCO1. The predicted octanol–water partition coefficient (Wildman–Crippen LogP) is 11.6. The van der Waals surface area contributed by atoms with Gasteiger partial charge in [0.1, 0.15) is 0 Å². The Balaban J connectivity index is 1.15. The van der Waals surface area contributed by atoms with Crippen LogP contribution in [0.4, 0.5) is 0 Å². The van der Waals surface area contributed by atoms with E-state index in [-0.39, 0.29) is 23.7 Å². The van der Waals surface area contributed by atoms with Crippen molar-refractivity contribution in [3.8, 4) is 0 Å². The van der Waals surface area contributed by atoms with E-state index < -0.39 is 8.32 Å². The molecule has 0 aromatic heterocycles. The molecule has 5 unspecified atom stereocenters. The van der Waals surface area contributed by atoms with E-state index in [2.05, 4.69) is 82.4 Å². The molecule has 294 valence electrons. The van der Waals surface area contributed by atoms with Gasteiger partial charge in [-0.25, -0.2) is 0 Å². The summed E-state index contributed by atoms with van der Waals surface area (Å²) in [5, 5.41) is 0.211. The van der Waals surface area contributed by atoms with E-state index in [0.717, 1.165) is 78.0 Å². The minimum absolute atomic E-state index is 0.0343. The Labute approximate surface area is 318 Å². The van der Waals surface area contributed by atoms with E-state index in [1.165, 1.54) is 63.4 Å². The van der Waals surface area contributed by atoms with Crippen molar-refractivity contribution in [2.45, 2.75) is 167 Å². The van der Waals surface area contributed by atoms with Gasteiger partial charge in [-0.2, -0.15) is 0 Å². The second-order valence-corrected chi connectivity index (χ2v) is 22.5. The summed E-state index contributed by atoms with van der Waals surface area (Å²) in [6, 6.07) is 10.5. The minimum atomic E-state index is -1.85. The summed E-state index contributed by atoms with van der Waals surface area (Å²) in [4.78, 5) is 0. The molecule has 1 aromatic rings. The van der Waals surface area contributed by atoms with Gasteiger partial charge < -0.3 is 28.1 Å². The molecule has 0 N–H and O–H groups in total. The first-order valence-electron chi connectivity index (χ1n) is 21.3. The molecule has 0 radical (unpaired) electrons. The highest BCUT2D eigenvalue weighted by Crippen LogP contribution is 2.51. The first kappa shape index (κ1) is 41.8. The number of fused-ring (bicyclic) bond motifs is 1. The van der Waals surface area contributed by atoms with E-state index >= 15 is 0 Å². The highest BCUT2D eigenvalue weighted by Gasteiger charge is 2.47. The van der Waals surface area contributed by atoms with Crippen LogP contribution in [0.5, 0.6) is 0 Å². The zero-order valence-corrected chi connectivity index (χ0v) is 34.7. The fourth-order valence-corrected chi connectivity index (χ4v) is 9.31. The highest BCUT2D eigenvalue weighted by molar-refractivity contribution is 6.74. The number of ether oxygens (including phenoxy) is 5. The lowest BCUT2D eigenvalue weighted by Crippen LogP contribution is -2.42. The van der Waals surface area contributed by atoms with Gasteiger partial charge in [0.25, 0.3) is 0 Å². The molecule has 7 heteroatoms. The fourth-order valence-electron chi connectivity index (χ4n) is 8.26. The van der Waals surface area contributed by atoms with Crippen LogP contribution in [0.15, 0.2) is 54.1 Å². The average Bonchev–Trinajstić information content (AvgIpc) is 3.69. The maximum atomic E-state index is 6.93. The summed E-state index contributed by atoms with van der Waals surface area (Å²) >= 11 is 0. The molecule has 2 saturated heterocycles. The maximum Gasteiger partial charge on any atom is 0.192 e. The summed E-state index contributed by atoms with van der Waals surface area (Å²) in [5.41, 5.74) is 2.89. The van der Waals surface area contributed by atoms with Crippen molar-refractivity contribution in [3.05, 3.63) is 59.7 Å². The molecule has 0 amide bonds. The lowest BCUT2D eigenvalue weighted by molar-refractivity contribution is -0.192. The van der Waals surface area contributed by atoms with E-state index in [4.69, 9.17) is 28.1 Å². The first-order valence-corrected chi connectivity index (χ1v) is 24.2. The number of unbranched alkanes of at least 4 members (excludes halogenated alkanes) is 5. The van der Waals surface area contributed by atoms with Crippen LogP contribution in [-0.4, -0.2) is 60.0 Å². The first-order chi connectivity index (χ1) is 25.2. The van der Waals surface area contributed by atoms with Crippen LogP contribution in [-0.2, 0) is 34.7 Å². The molecule has 0 spiro atoms. The van der Waals surface area contributed by atoms with Crippen molar-refractivity contribution >= 4 is 8.32 Å². The number of hydrogen-bond acceptors (Lipinski definition) is 6. The Morgan fingerprint density at radius 1 is 0.865 bits per heavy atom. The quantitative estimate of drug-likeness (QED) is 0.0671. The normalized spacial score (nSPS) is 27.6. The molecule has 0 bridgehead atoms. The highest BCUT2D eigenvalue weighted by atomic mass is 28.4. The molecule has 3 fully saturated rings. The molecular formula is C45H74O6Si. The third-order valence-electron chi connectivity index (χ3n) is 12.6. The standard InChI is InChI=1S/C45H74O6Si/c1-45(2,3)52(4,5)50-35-37(23-14-18-27-46-34-36-21-11-10-12-22-36)38-31-39-33-42(51-44-26-16-20-30-49-44)40(41(39)32-38)24-13-8-6-7-9-17-28-47-43-25-15-19-29-48-43/h10-13,21-22,24,32,37,39-44H,6-9,14-20,23,25-31,33-35H2,1-5H3/t37?,39?,40-,41?,42-,43?,44?/m1/s1. The van der Waals surface area contributed by atoms with Gasteiger partial charge in [0, 0.05) is 44.9 Å². The van der Waals surface area contributed by atoms with Crippen LogP contribution < -0.4 is 0 Å². The Morgan fingerprint density at radius 3 is 2.33 bits per heavy atom. The molecule has 4 aliphatic rings. The zero-order valence-electron chi connectivity index (χ0n) is 33.7. The van der Waals surface area contributed by atoms with Crippen LogP contribution in [0.25, 0.3) is 0 Å². The second-order valence-electron chi connectivity index (χ2n) is 17.7. The smallest absolute Gasteiger partial charge is 0.192 e. The predicted molar refractivity (Wildman–Crippen MR) is 215 cm³/mol. The van der Waals surface area contributed by atoms with Crippen LogP contribution in [0.1, 0.15) is 129 Å². The van der Waals surface area contributed by atoms with Crippen LogP contribution in [0, 0.1) is 23.7 Å². The Morgan fingerprint density at radius 2 is 1.60 bits per heavy atom. The number of hydrogen-bond donors (Lipinski definition) is 0. The van der Waals surface area contributed by atoms with Crippen molar-refractivity contribution in [1.82, 2.24) is 0 Å². The van der Waals surface area contributed by atoms with E-state index in [1.807, 2.05) is 0 Å². The van der Waals surface area contributed by atoms with Crippen molar-refractivity contribution in [2.75, 3.05) is 33.0 Å². The third kappa shape index (κ3) is 13.5. The molecule has 7 atom stereocenters. The van der Waals surface area contributed by atoms with Crippen molar-refractivity contribution in [2.24, 2.45) is 23.7 Å². The Kier molecular flexibility index (Phi) is 17.4. The van der Waals surface area contributed by atoms with E-state index in [1.54, 1.807) is 5.57 Å². The Hall–Kier alpha value is -1.32. The maximum absolute atomic E-state index is 6.93.